The van der Waals surface area contributed by atoms with Crippen LogP contribution >= 0.6 is 11.6 Å². The van der Waals surface area contributed by atoms with E-state index in [-0.39, 0.29) is 34.0 Å². The molecule has 1 aliphatic rings. The molecular formula is C17H16ClNO4. The molecule has 3 rings (SSSR count). The van der Waals surface area contributed by atoms with Gasteiger partial charge < -0.3 is 4.84 Å². The van der Waals surface area contributed by atoms with Gasteiger partial charge in [0, 0.05) is 18.4 Å². The summed E-state index contributed by atoms with van der Waals surface area (Å²) in [5.74, 6) is -0.757. The molecule has 0 saturated heterocycles. The van der Waals surface area contributed by atoms with Gasteiger partial charge in [0.25, 0.3) is 0 Å². The first kappa shape index (κ1) is 15.7. The van der Waals surface area contributed by atoms with Gasteiger partial charge in [-0.25, -0.2) is 4.79 Å². The molecule has 1 heterocycles. The van der Waals surface area contributed by atoms with Gasteiger partial charge in [-0.15, -0.1) is 0 Å². The van der Waals surface area contributed by atoms with Crippen LogP contribution in [0.5, 0.6) is 0 Å². The highest BCUT2D eigenvalue weighted by atomic mass is 35.5. The Kier molecular flexibility index (Phi) is 3.56. The third-order valence-electron chi connectivity index (χ3n) is 3.97. The second-order valence-corrected chi connectivity index (χ2v) is 7.07. The largest absolute Gasteiger partial charge is 0.337 e. The number of aromatic nitrogens is 1. The van der Waals surface area contributed by atoms with Crippen LogP contribution in [-0.4, -0.2) is 16.5 Å². The van der Waals surface area contributed by atoms with Crippen LogP contribution in [0, 0.1) is 5.41 Å². The quantitative estimate of drug-likeness (QED) is 0.805. The number of rotatable bonds is 1. The van der Waals surface area contributed by atoms with Crippen molar-refractivity contribution in [3.8, 4) is 0 Å². The Morgan fingerprint density at radius 3 is 2.61 bits per heavy atom. The van der Waals surface area contributed by atoms with Gasteiger partial charge in [-0.05, 0) is 30.0 Å². The van der Waals surface area contributed by atoms with Crippen LogP contribution in [0.15, 0.2) is 23.0 Å². The van der Waals surface area contributed by atoms with Gasteiger partial charge in [-0.2, -0.15) is 4.73 Å². The Labute approximate surface area is 137 Å². The van der Waals surface area contributed by atoms with Crippen LogP contribution in [0.4, 0.5) is 0 Å². The lowest BCUT2D eigenvalue weighted by Gasteiger charge is -2.31. The van der Waals surface area contributed by atoms with Crippen LogP contribution in [-0.2, 0) is 11.2 Å². The average Bonchev–Trinajstić information content (AvgIpc) is 2.41. The highest BCUT2D eigenvalue weighted by Crippen LogP contribution is 2.34. The third-order valence-corrected chi connectivity index (χ3v) is 4.20. The zero-order chi connectivity index (χ0) is 16.9. The molecule has 0 spiro atoms. The van der Waals surface area contributed by atoms with E-state index in [1.165, 1.54) is 17.7 Å². The lowest BCUT2D eigenvalue weighted by atomic mass is 9.75. The molecule has 0 unspecified atom stereocenters. The van der Waals surface area contributed by atoms with E-state index < -0.39 is 5.97 Å². The number of nitrogens with zero attached hydrogens (tertiary/aromatic N) is 1. The van der Waals surface area contributed by atoms with Gasteiger partial charge in [0.05, 0.1) is 22.2 Å². The van der Waals surface area contributed by atoms with Gasteiger partial charge in [-0.3, -0.25) is 9.59 Å². The van der Waals surface area contributed by atoms with Crippen LogP contribution < -0.4 is 10.3 Å². The number of ketones is 1. The molecule has 23 heavy (non-hydrogen) atoms. The molecule has 0 bridgehead atoms. The first-order chi connectivity index (χ1) is 10.7. The topological polar surface area (TPSA) is 65.4 Å². The number of fused-ring (bicyclic) bond motifs is 2. The number of hydrogen-bond acceptors (Lipinski definition) is 4. The summed E-state index contributed by atoms with van der Waals surface area (Å²) in [6, 6.07) is 4.73. The lowest BCUT2D eigenvalue weighted by Crippen LogP contribution is -2.37. The monoisotopic (exact) mass is 333 g/mol. The highest BCUT2D eigenvalue weighted by Gasteiger charge is 2.36. The normalized spacial score (nSPS) is 16.3. The van der Waals surface area contributed by atoms with Crippen LogP contribution in [0.25, 0.3) is 10.9 Å². The molecule has 0 atom stereocenters. The van der Waals surface area contributed by atoms with E-state index in [1.807, 2.05) is 13.8 Å². The van der Waals surface area contributed by atoms with Gasteiger partial charge >= 0.3 is 5.97 Å². The Morgan fingerprint density at radius 2 is 1.96 bits per heavy atom. The maximum absolute atomic E-state index is 12.8. The summed E-state index contributed by atoms with van der Waals surface area (Å²) in [5, 5.41) is 0.651. The number of carbonyl (C=O) groups is 2. The third kappa shape index (κ3) is 2.65. The molecule has 0 amide bonds. The smallest absolute Gasteiger partial charge is 0.329 e. The second kappa shape index (κ2) is 5.20. The Hall–Kier alpha value is -2.14. The molecular weight excluding hydrogens is 318 g/mol. The maximum Gasteiger partial charge on any atom is 0.329 e. The highest BCUT2D eigenvalue weighted by molar-refractivity contribution is 6.31. The Morgan fingerprint density at radius 1 is 1.26 bits per heavy atom. The van der Waals surface area contributed by atoms with E-state index >= 15 is 0 Å². The minimum atomic E-state index is -0.525. The molecule has 0 radical (unpaired) electrons. The molecule has 6 heteroatoms. The minimum absolute atomic E-state index is 0.0975. The maximum atomic E-state index is 12.8. The Balaban J connectivity index is 2.45. The van der Waals surface area contributed by atoms with E-state index in [4.69, 9.17) is 16.4 Å². The summed E-state index contributed by atoms with van der Waals surface area (Å²) in [6.45, 7) is 5.17. The summed E-state index contributed by atoms with van der Waals surface area (Å²) < 4.78 is 1.31. The van der Waals surface area contributed by atoms with Crippen molar-refractivity contribution in [2.75, 3.05) is 0 Å². The predicted octanol–water partition coefficient (Wildman–Crippen LogP) is 2.79. The van der Waals surface area contributed by atoms with Crippen molar-refractivity contribution in [1.82, 2.24) is 4.73 Å². The number of carbonyl (C=O) groups excluding carboxylic acids is 2. The van der Waals surface area contributed by atoms with Crippen molar-refractivity contribution in [3.05, 3.63) is 44.7 Å². The van der Waals surface area contributed by atoms with Gasteiger partial charge in [-0.1, -0.05) is 25.4 Å². The zero-order valence-corrected chi connectivity index (χ0v) is 13.9. The molecule has 0 fully saturated rings. The van der Waals surface area contributed by atoms with Crippen molar-refractivity contribution in [3.63, 3.8) is 0 Å². The Bertz CT molecular complexity index is 911. The fourth-order valence-electron chi connectivity index (χ4n) is 3.10. The summed E-state index contributed by atoms with van der Waals surface area (Å²) in [6.07, 6.45) is 0.747. The molecule has 120 valence electrons. The number of hydrogen-bond donors (Lipinski definition) is 0. The average molecular weight is 334 g/mol. The number of pyridine rings is 1. The first-order valence-corrected chi connectivity index (χ1v) is 7.67. The van der Waals surface area contributed by atoms with Gasteiger partial charge in [0.2, 0.25) is 5.43 Å². The van der Waals surface area contributed by atoms with E-state index in [0.29, 0.717) is 22.7 Å². The molecule has 0 saturated carbocycles. The molecule has 0 N–H and O–H groups in total. The van der Waals surface area contributed by atoms with Crippen LogP contribution in [0.3, 0.4) is 0 Å². The van der Waals surface area contributed by atoms with E-state index in [0.717, 1.165) is 0 Å². The van der Waals surface area contributed by atoms with Crippen molar-refractivity contribution >= 4 is 34.3 Å². The molecule has 1 aromatic heterocycles. The van der Waals surface area contributed by atoms with E-state index in [1.54, 1.807) is 12.1 Å². The predicted molar refractivity (Wildman–Crippen MR) is 86.9 cm³/mol. The van der Waals surface area contributed by atoms with Crippen molar-refractivity contribution in [1.29, 1.82) is 0 Å². The summed E-state index contributed by atoms with van der Waals surface area (Å²) in [4.78, 5) is 42.1. The van der Waals surface area contributed by atoms with Gasteiger partial charge in [0.1, 0.15) is 0 Å². The van der Waals surface area contributed by atoms with Crippen LogP contribution in [0.2, 0.25) is 5.02 Å². The number of halogens is 1. The number of benzene rings is 1. The van der Waals surface area contributed by atoms with Crippen molar-refractivity contribution in [2.45, 2.75) is 33.6 Å². The van der Waals surface area contributed by atoms with Crippen molar-refractivity contribution < 1.29 is 14.4 Å². The standard InChI is InChI=1S/C17H16ClNO4/c1-9(20)23-19-12-5-4-10(18)6-11(12)16(22)15-13(19)7-17(2,3)8-14(15)21/h4-6H,7-8H2,1-3H3. The molecule has 5 nitrogen and oxygen atoms in total. The zero-order valence-electron chi connectivity index (χ0n) is 13.1. The SMILES string of the molecule is CC(=O)On1c2c(c(=O)c3cc(Cl)ccc31)C(=O)CC(C)(C)C2. The first-order valence-electron chi connectivity index (χ1n) is 7.29. The molecule has 1 aliphatic carbocycles. The van der Waals surface area contributed by atoms with E-state index in [2.05, 4.69) is 0 Å². The van der Waals surface area contributed by atoms with E-state index in [9.17, 15) is 14.4 Å². The minimum Gasteiger partial charge on any atom is -0.337 e. The lowest BCUT2D eigenvalue weighted by molar-refractivity contribution is -0.141. The second-order valence-electron chi connectivity index (χ2n) is 6.63. The molecule has 1 aromatic carbocycles. The molecule has 2 aromatic rings. The summed E-state index contributed by atoms with van der Waals surface area (Å²) in [7, 11) is 0. The summed E-state index contributed by atoms with van der Waals surface area (Å²) >= 11 is 5.97. The fourth-order valence-corrected chi connectivity index (χ4v) is 3.27. The molecule has 0 aliphatic heterocycles. The number of Topliss-reactive ketones (excluding diaryl/α,β-unsaturated/α-hetero) is 1. The van der Waals surface area contributed by atoms with Gasteiger partial charge in [0.15, 0.2) is 5.78 Å². The fraction of sp³-hybridized carbons (Fsp3) is 0.353. The van der Waals surface area contributed by atoms with Crippen LogP contribution in [0.1, 0.15) is 43.2 Å². The summed E-state index contributed by atoms with van der Waals surface area (Å²) in [5.41, 5.74) is 0.306. The van der Waals surface area contributed by atoms with Crippen molar-refractivity contribution in [2.24, 2.45) is 5.41 Å².